The second kappa shape index (κ2) is 33.5. The van der Waals surface area contributed by atoms with Crippen LogP contribution in [0.2, 0.25) is 0 Å². The molecule has 2 unspecified atom stereocenters. The standard InChI is InChI=1S/C39H73NO5S/c1-3-5-7-9-11-13-14-15-16-17-18-19-20-21-22-23-24-25-27-29-31-33-35-39(42)40-37(36-46(43,44)45)38(41)34-32-30-28-26-12-10-8-6-4-2/h4,6,12,26,32,34,37-38,41H,3,5,7-11,13-25,27-31,33,35-36H2,1-2H3,(H,40,42)(H,43,44,45)/b6-4+,26-12+,34-32+. The van der Waals surface area contributed by atoms with Crippen molar-refractivity contribution >= 4 is 16.0 Å². The van der Waals surface area contributed by atoms with Gasteiger partial charge in [-0.2, -0.15) is 8.42 Å². The SMILES string of the molecule is C/C=C/CC/C=C/CC/C=C/C(O)C(CS(=O)(=O)O)NC(=O)CCCCCCCCCCCCCCCCCCCCCCCC. The molecule has 7 heteroatoms. The van der Waals surface area contributed by atoms with Crippen molar-refractivity contribution in [3.63, 3.8) is 0 Å². The van der Waals surface area contributed by atoms with E-state index in [1.54, 1.807) is 6.08 Å². The largest absolute Gasteiger partial charge is 0.387 e. The Kier molecular flexibility index (Phi) is 32.4. The van der Waals surface area contributed by atoms with Crippen LogP contribution < -0.4 is 5.32 Å². The first-order chi connectivity index (χ1) is 22.3. The maximum Gasteiger partial charge on any atom is 0.267 e. The van der Waals surface area contributed by atoms with Gasteiger partial charge in [0.25, 0.3) is 10.1 Å². The number of hydrogen-bond acceptors (Lipinski definition) is 4. The number of hydrogen-bond donors (Lipinski definition) is 3. The van der Waals surface area contributed by atoms with Crippen molar-refractivity contribution in [1.29, 1.82) is 0 Å². The molecule has 2 atom stereocenters. The normalized spacial score (nSPS) is 13.7. The van der Waals surface area contributed by atoms with Gasteiger partial charge in [0.05, 0.1) is 17.9 Å². The zero-order chi connectivity index (χ0) is 34.0. The summed E-state index contributed by atoms with van der Waals surface area (Å²) in [6.07, 6.45) is 43.1. The highest BCUT2D eigenvalue weighted by Gasteiger charge is 2.24. The number of unbranched alkanes of at least 4 members (excludes halogenated alkanes) is 23. The Balaban J connectivity index is 3.79. The van der Waals surface area contributed by atoms with Crippen molar-refractivity contribution in [1.82, 2.24) is 5.32 Å². The number of allylic oxidation sites excluding steroid dienone is 5. The molecule has 0 spiro atoms. The molecule has 0 saturated carbocycles. The van der Waals surface area contributed by atoms with Crippen molar-refractivity contribution in [2.75, 3.05) is 5.75 Å². The van der Waals surface area contributed by atoms with E-state index in [1.165, 1.54) is 128 Å². The lowest BCUT2D eigenvalue weighted by Gasteiger charge is -2.21. The molecule has 3 N–H and O–H groups in total. The number of amides is 1. The molecular formula is C39H73NO5S. The summed E-state index contributed by atoms with van der Waals surface area (Å²) in [5, 5.41) is 13.1. The Bertz CT molecular complexity index is 868. The second-order valence-corrected chi connectivity index (χ2v) is 14.7. The Labute approximate surface area is 285 Å². The van der Waals surface area contributed by atoms with Crippen LogP contribution in [0.25, 0.3) is 0 Å². The summed E-state index contributed by atoms with van der Waals surface area (Å²) in [4.78, 5) is 12.4. The highest BCUT2D eigenvalue weighted by molar-refractivity contribution is 7.85. The van der Waals surface area contributed by atoms with Crippen molar-refractivity contribution in [3.05, 3.63) is 36.5 Å². The molecule has 6 nitrogen and oxygen atoms in total. The summed E-state index contributed by atoms with van der Waals surface area (Å²) in [5.41, 5.74) is 0. The Hall–Kier alpha value is -1.44. The van der Waals surface area contributed by atoms with Crippen LogP contribution in [0.3, 0.4) is 0 Å². The molecule has 0 aliphatic heterocycles. The minimum atomic E-state index is -4.35. The first kappa shape index (κ1) is 44.6. The predicted octanol–water partition coefficient (Wildman–Crippen LogP) is 11.0. The van der Waals surface area contributed by atoms with E-state index in [1.807, 2.05) is 13.0 Å². The van der Waals surface area contributed by atoms with E-state index in [4.69, 9.17) is 0 Å². The maximum absolute atomic E-state index is 12.4. The van der Waals surface area contributed by atoms with Crippen LogP contribution in [0.5, 0.6) is 0 Å². The van der Waals surface area contributed by atoms with Gasteiger partial charge in [0.1, 0.15) is 0 Å². The number of rotatable bonds is 34. The summed E-state index contributed by atoms with van der Waals surface area (Å²) >= 11 is 0. The molecule has 0 fully saturated rings. The smallest absolute Gasteiger partial charge is 0.267 e. The topological polar surface area (TPSA) is 104 Å². The van der Waals surface area contributed by atoms with E-state index in [-0.39, 0.29) is 12.3 Å². The van der Waals surface area contributed by atoms with Gasteiger partial charge in [-0.1, -0.05) is 178 Å². The van der Waals surface area contributed by atoms with Crippen molar-refractivity contribution in [3.8, 4) is 0 Å². The van der Waals surface area contributed by atoms with E-state index in [0.717, 1.165) is 38.5 Å². The Morgan fingerprint density at radius 3 is 1.37 bits per heavy atom. The quantitative estimate of drug-likeness (QED) is 0.0360. The van der Waals surface area contributed by atoms with E-state index >= 15 is 0 Å². The van der Waals surface area contributed by atoms with Gasteiger partial charge >= 0.3 is 0 Å². The monoisotopic (exact) mass is 668 g/mol. The summed E-state index contributed by atoms with van der Waals surface area (Å²) in [6.45, 7) is 4.28. The van der Waals surface area contributed by atoms with Gasteiger partial charge in [0.15, 0.2) is 0 Å². The average Bonchev–Trinajstić information content (AvgIpc) is 3.01. The first-order valence-corrected chi connectivity index (χ1v) is 20.8. The molecule has 0 heterocycles. The van der Waals surface area contributed by atoms with E-state index in [2.05, 4.69) is 30.5 Å². The molecule has 46 heavy (non-hydrogen) atoms. The fourth-order valence-corrected chi connectivity index (χ4v) is 6.52. The first-order valence-electron chi connectivity index (χ1n) is 19.2. The molecule has 1 amide bonds. The lowest BCUT2D eigenvalue weighted by atomic mass is 10.0. The number of aliphatic hydroxyl groups excluding tert-OH is 1. The number of carbonyl (C=O) groups is 1. The van der Waals surface area contributed by atoms with Crippen LogP contribution in [0.4, 0.5) is 0 Å². The zero-order valence-electron chi connectivity index (χ0n) is 29.9. The third-order valence-corrected chi connectivity index (χ3v) is 9.42. The molecule has 0 radical (unpaired) electrons. The fraction of sp³-hybridized carbons (Fsp3) is 0.821. The average molecular weight is 668 g/mol. The third kappa shape index (κ3) is 33.9. The molecule has 0 bridgehead atoms. The predicted molar refractivity (Wildman–Crippen MR) is 198 cm³/mol. The summed E-state index contributed by atoms with van der Waals surface area (Å²) < 4.78 is 32.2. The van der Waals surface area contributed by atoms with Crippen LogP contribution in [0, 0.1) is 0 Å². The summed E-state index contributed by atoms with van der Waals surface area (Å²) in [6, 6.07) is -1.07. The molecule has 0 aliphatic carbocycles. The third-order valence-electron chi connectivity index (χ3n) is 8.64. The number of nitrogens with one attached hydrogen (secondary N) is 1. The highest BCUT2D eigenvalue weighted by atomic mass is 32.2. The van der Waals surface area contributed by atoms with Gasteiger partial charge in [0.2, 0.25) is 5.91 Å². The van der Waals surface area contributed by atoms with E-state index in [0.29, 0.717) is 6.42 Å². The van der Waals surface area contributed by atoms with Gasteiger partial charge in [-0.05, 0) is 39.0 Å². The van der Waals surface area contributed by atoms with Crippen LogP contribution in [-0.4, -0.2) is 41.9 Å². The fourth-order valence-electron chi connectivity index (χ4n) is 5.78. The molecular weight excluding hydrogens is 594 g/mol. The summed E-state index contributed by atoms with van der Waals surface area (Å²) in [7, 11) is -4.35. The second-order valence-electron chi connectivity index (χ2n) is 13.2. The minimum absolute atomic E-state index is 0.287. The molecule has 0 aromatic carbocycles. The molecule has 0 aliphatic rings. The maximum atomic E-state index is 12.4. The van der Waals surface area contributed by atoms with Gasteiger partial charge in [-0.15, -0.1) is 0 Å². The van der Waals surface area contributed by atoms with E-state index < -0.39 is 28.0 Å². The van der Waals surface area contributed by atoms with Crippen LogP contribution in [0.1, 0.15) is 187 Å². The lowest BCUT2D eigenvalue weighted by Crippen LogP contribution is -2.46. The van der Waals surface area contributed by atoms with Gasteiger partial charge in [-0.3, -0.25) is 9.35 Å². The van der Waals surface area contributed by atoms with Gasteiger partial charge < -0.3 is 10.4 Å². The molecule has 270 valence electrons. The molecule has 0 rings (SSSR count). The van der Waals surface area contributed by atoms with E-state index in [9.17, 15) is 22.9 Å². The lowest BCUT2D eigenvalue weighted by molar-refractivity contribution is -0.122. The Morgan fingerprint density at radius 2 is 0.978 bits per heavy atom. The highest BCUT2D eigenvalue weighted by Crippen LogP contribution is 2.15. The summed E-state index contributed by atoms with van der Waals surface area (Å²) in [5.74, 6) is -1.01. The van der Waals surface area contributed by atoms with Gasteiger partial charge in [0, 0.05) is 6.42 Å². The molecule has 0 aromatic rings. The number of carbonyl (C=O) groups excluding carboxylic acids is 1. The van der Waals surface area contributed by atoms with Crippen molar-refractivity contribution in [2.24, 2.45) is 0 Å². The van der Waals surface area contributed by atoms with Crippen molar-refractivity contribution in [2.45, 2.75) is 199 Å². The minimum Gasteiger partial charge on any atom is -0.387 e. The van der Waals surface area contributed by atoms with Crippen LogP contribution in [-0.2, 0) is 14.9 Å². The van der Waals surface area contributed by atoms with Crippen molar-refractivity contribution < 1.29 is 22.9 Å². The number of aliphatic hydroxyl groups is 1. The van der Waals surface area contributed by atoms with Crippen LogP contribution in [0.15, 0.2) is 36.5 Å². The van der Waals surface area contributed by atoms with Crippen LogP contribution >= 0.6 is 0 Å². The van der Waals surface area contributed by atoms with Gasteiger partial charge in [-0.25, -0.2) is 0 Å². The molecule has 0 aromatic heterocycles. The molecule has 0 saturated heterocycles. The Morgan fingerprint density at radius 1 is 0.609 bits per heavy atom. The zero-order valence-corrected chi connectivity index (χ0v) is 30.8.